The molecule has 1 aliphatic heterocycles. The highest BCUT2D eigenvalue weighted by Gasteiger charge is 2.27. The summed E-state index contributed by atoms with van der Waals surface area (Å²) in [5, 5.41) is 7.02. The number of nitrogens with zero attached hydrogens (tertiary/aromatic N) is 3. The Morgan fingerprint density at radius 2 is 1.80 bits per heavy atom. The first-order valence-electron chi connectivity index (χ1n) is 9.56. The summed E-state index contributed by atoms with van der Waals surface area (Å²) >= 11 is 0. The zero-order valence-corrected chi connectivity index (χ0v) is 16.5. The lowest BCUT2D eigenvalue weighted by Crippen LogP contribution is -2.39. The van der Waals surface area contributed by atoms with Crippen LogP contribution >= 0.6 is 0 Å². The molecule has 7 nitrogen and oxygen atoms in total. The molecule has 1 aromatic heterocycles. The summed E-state index contributed by atoms with van der Waals surface area (Å²) in [6, 6.07) is 15.0. The largest absolute Gasteiger partial charge is 0.497 e. The van der Waals surface area contributed by atoms with Gasteiger partial charge in [-0.1, -0.05) is 24.3 Å². The average Bonchev–Trinajstić information content (AvgIpc) is 3.21. The lowest BCUT2D eigenvalue weighted by molar-refractivity contribution is 0.0683. The van der Waals surface area contributed by atoms with Gasteiger partial charge >= 0.3 is 0 Å². The summed E-state index contributed by atoms with van der Waals surface area (Å²) in [5.41, 5.74) is 2.35. The van der Waals surface area contributed by atoms with Gasteiger partial charge in [0.05, 0.1) is 13.7 Å². The number of fused-ring (bicyclic) bond motifs is 1. The molecule has 154 valence electrons. The number of rotatable bonds is 6. The van der Waals surface area contributed by atoms with Gasteiger partial charge in [-0.05, 0) is 35.4 Å². The third-order valence-electron chi connectivity index (χ3n) is 5.00. The predicted molar refractivity (Wildman–Crippen MR) is 108 cm³/mol. The van der Waals surface area contributed by atoms with Crippen LogP contribution in [0.25, 0.3) is 0 Å². The average molecular weight is 408 g/mol. The van der Waals surface area contributed by atoms with E-state index in [4.69, 9.17) is 4.74 Å². The third kappa shape index (κ3) is 4.17. The summed E-state index contributed by atoms with van der Waals surface area (Å²) in [5.74, 6) is -0.111. The number of hydrogen-bond donors (Lipinski definition) is 1. The van der Waals surface area contributed by atoms with Crippen molar-refractivity contribution in [2.24, 2.45) is 0 Å². The van der Waals surface area contributed by atoms with Crippen LogP contribution in [0, 0.1) is 5.82 Å². The molecule has 8 heteroatoms. The van der Waals surface area contributed by atoms with Crippen molar-refractivity contribution in [1.82, 2.24) is 20.0 Å². The maximum Gasteiger partial charge on any atom is 0.272 e. The molecule has 2 heterocycles. The Morgan fingerprint density at radius 1 is 1.10 bits per heavy atom. The topological polar surface area (TPSA) is 76.5 Å². The number of nitrogens with one attached hydrogen (secondary N) is 1. The molecule has 2 amide bonds. The van der Waals surface area contributed by atoms with Gasteiger partial charge < -0.3 is 15.0 Å². The van der Waals surface area contributed by atoms with Gasteiger partial charge in [-0.15, -0.1) is 0 Å². The highest BCUT2D eigenvalue weighted by atomic mass is 19.1. The molecule has 0 aliphatic carbocycles. The molecular weight excluding hydrogens is 387 g/mol. The zero-order valence-electron chi connectivity index (χ0n) is 16.5. The number of halogens is 1. The van der Waals surface area contributed by atoms with Crippen molar-refractivity contribution in [2.75, 3.05) is 13.7 Å². The van der Waals surface area contributed by atoms with Crippen LogP contribution in [0.2, 0.25) is 0 Å². The fraction of sp³-hybridized carbons (Fsp3) is 0.227. The van der Waals surface area contributed by atoms with E-state index in [0.717, 1.165) is 16.9 Å². The van der Waals surface area contributed by atoms with Crippen LogP contribution in [-0.2, 0) is 19.6 Å². The minimum absolute atomic E-state index is 0.165. The molecule has 1 aliphatic rings. The highest BCUT2D eigenvalue weighted by molar-refractivity contribution is 5.98. The summed E-state index contributed by atoms with van der Waals surface area (Å²) < 4.78 is 19.7. The lowest BCUT2D eigenvalue weighted by atomic mass is 10.1. The SMILES string of the molecule is COc1ccc(CN2CCn3nc(C(=O)NCc4ccc(F)cc4)cc3C2=O)cc1. The second-order valence-electron chi connectivity index (χ2n) is 7.02. The van der Waals surface area contributed by atoms with Crippen LogP contribution in [0.4, 0.5) is 4.39 Å². The van der Waals surface area contributed by atoms with Crippen LogP contribution in [0.15, 0.2) is 54.6 Å². The Hall–Kier alpha value is -3.68. The van der Waals surface area contributed by atoms with Gasteiger partial charge in [-0.2, -0.15) is 5.10 Å². The molecule has 1 N–H and O–H groups in total. The van der Waals surface area contributed by atoms with Crippen LogP contribution in [0.1, 0.15) is 32.1 Å². The molecule has 2 aromatic carbocycles. The molecule has 0 bridgehead atoms. The number of carbonyl (C=O) groups excluding carboxylic acids is 2. The van der Waals surface area contributed by atoms with Crippen molar-refractivity contribution in [1.29, 1.82) is 0 Å². The van der Waals surface area contributed by atoms with E-state index in [0.29, 0.717) is 25.3 Å². The number of ether oxygens (including phenoxy) is 1. The molecule has 0 spiro atoms. The number of hydrogen-bond acceptors (Lipinski definition) is 4. The van der Waals surface area contributed by atoms with Crippen LogP contribution in [0.5, 0.6) is 5.75 Å². The summed E-state index contributed by atoms with van der Waals surface area (Å²) in [6.07, 6.45) is 0. The Balaban J connectivity index is 1.41. The van der Waals surface area contributed by atoms with E-state index in [9.17, 15) is 14.0 Å². The Morgan fingerprint density at radius 3 is 2.50 bits per heavy atom. The van der Waals surface area contributed by atoms with E-state index in [-0.39, 0.29) is 29.9 Å². The fourth-order valence-electron chi connectivity index (χ4n) is 3.33. The summed E-state index contributed by atoms with van der Waals surface area (Å²) in [7, 11) is 1.61. The first kappa shape index (κ1) is 19.6. The predicted octanol–water partition coefficient (Wildman–Crippen LogP) is 2.62. The highest BCUT2D eigenvalue weighted by Crippen LogP contribution is 2.18. The van der Waals surface area contributed by atoms with E-state index in [1.807, 2.05) is 24.3 Å². The molecule has 0 fully saturated rings. The monoisotopic (exact) mass is 408 g/mol. The van der Waals surface area contributed by atoms with Gasteiger partial charge in [0.2, 0.25) is 0 Å². The number of methoxy groups -OCH3 is 1. The smallest absolute Gasteiger partial charge is 0.272 e. The standard InChI is InChI=1S/C22H21FN4O3/c1-30-18-8-4-16(5-9-18)14-26-10-11-27-20(22(26)29)12-19(25-27)21(28)24-13-15-2-6-17(23)7-3-15/h2-9,12H,10-11,13-14H2,1H3,(H,24,28). The van der Waals surface area contributed by atoms with E-state index in [2.05, 4.69) is 10.4 Å². The van der Waals surface area contributed by atoms with Crippen molar-refractivity contribution < 1.29 is 18.7 Å². The molecule has 30 heavy (non-hydrogen) atoms. The second-order valence-corrected chi connectivity index (χ2v) is 7.02. The van der Waals surface area contributed by atoms with Gasteiger partial charge in [-0.3, -0.25) is 14.3 Å². The van der Waals surface area contributed by atoms with Gasteiger partial charge in [0, 0.05) is 25.7 Å². The molecule has 0 saturated carbocycles. The third-order valence-corrected chi connectivity index (χ3v) is 5.00. The summed E-state index contributed by atoms with van der Waals surface area (Å²) in [6.45, 7) is 1.75. The molecule has 0 unspecified atom stereocenters. The van der Waals surface area contributed by atoms with E-state index in [1.54, 1.807) is 28.8 Å². The Kier molecular flexibility index (Phi) is 5.47. The minimum Gasteiger partial charge on any atom is -0.497 e. The van der Waals surface area contributed by atoms with E-state index in [1.165, 1.54) is 18.2 Å². The van der Waals surface area contributed by atoms with Gasteiger partial charge in [0.1, 0.15) is 17.3 Å². The van der Waals surface area contributed by atoms with Crippen molar-refractivity contribution in [3.05, 3.63) is 82.9 Å². The maximum absolute atomic E-state index is 13.0. The normalized spacial score (nSPS) is 13.1. The maximum atomic E-state index is 13.0. The van der Waals surface area contributed by atoms with Gasteiger partial charge in [0.15, 0.2) is 5.69 Å². The second kappa shape index (κ2) is 8.36. The number of carbonyl (C=O) groups is 2. The lowest BCUT2D eigenvalue weighted by Gasteiger charge is -2.27. The van der Waals surface area contributed by atoms with Crippen LogP contribution in [0.3, 0.4) is 0 Å². The van der Waals surface area contributed by atoms with E-state index >= 15 is 0 Å². The quantitative estimate of drug-likeness (QED) is 0.680. The molecular formula is C22H21FN4O3. The van der Waals surface area contributed by atoms with Crippen LogP contribution in [-0.4, -0.2) is 40.1 Å². The van der Waals surface area contributed by atoms with Gasteiger partial charge in [-0.25, -0.2) is 4.39 Å². The zero-order chi connectivity index (χ0) is 21.1. The minimum atomic E-state index is -0.379. The fourth-order valence-corrected chi connectivity index (χ4v) is 3.33. The van der Waals surface area contributed by atoms with Crippen molar-refractivity contribution in [3.63, 3.8) is 0 Å². The number of aromatic nitrogens is 2. The van der Waals surface area contributed by atoms with Gasteiger partial charge in [0.25, 0.3) is 11.8 Å². The number of amides is 2. The number of benzene rings is 2. The van der Waals surface area contributed by atoms with Crippen molar-refractivity contribution in [2.45, 2.75) is 19.6 Å². The molecule has 0 saturated heterocycles. The molecule has 3 aromatic rings. The Labute approximate surface area is 173 Å². The molecule has 4 rings (SSSR count). The van der Waals surface area contributed by atoms with Crippen molar-refractivity contribution in [3.8, 4) is 5.75 Å². The summed E-state index contributed by atoms with van der Waals surface area (Å²) in [4.78, 5) is 27.0. The first-order valence-corrected chi connectivity index (χ1v) is 9.56. The van der Waals surface area contributed by atoms with E-state index < -0.39 is 0 Å². The Bertz CT molecular complexity index is 1060. The molecule has 0 radical (unpaired) electrons. The van der Waals surface area contributed by atoms with Crippen LogP contribution < -0.4 is 10.1 Å². The molecule has 0 atom stereocenters. The van der Waals surface area contributed by atoms with Crippen molar-refractivity contribution >= 4 is 11.8 Å². The first-order chi connectivity index (χ1) is 14.5.